The van der Waals surface area contributed by atoms with E-state index in [1.807, 2.05) is 0 Å². The van der Waals surface area contributed by atoms with Crippen LogP contribution in [0.4, 0.5) is 0 Å². The van der Waals surface area contributed by atoms with Crippen LogP contribution in [-0.2, 0) is 18.3 Å². The number of hydrogen-bond acceptors (Lipinski definition) is 5. The van der Waals surface area contributed by atoms with Gasteiger partial charge in [-0.1, -0.05) is 69.2 Å². The van der Waals surface area contributed by atoms with Crippen LogP contribution in [0, 0.1) is 52.3 Å². The molecule has 0 bridgehead atoms. The SMILES string of the molecule is CC1CC[C@@]2(OC1)O[C@H]1C[C@H]3[C@H](CN)[C@@H]([C@@]4(C)CCC(O[Si](C)(C)C(C)(C)C)C[C@@H]4CO[Si](C)(C)C(C)(C)C)CC[C@]3(C)[C@H]1[C@@H]2C. The molecule has 0 aromatic carbocycles. The summed E-state index contributed by atoms with van der Waals surface area (Å²) in [7, 11) is -3.75. The molecule has 0 radical (unpaired) electrons. The standard InChI is InChI=1S/C39H75NO4Si2/c1-26-15-20-39(41-24-26)27(2)34-33(43-39)22-32-30(23-40)31(17-19-38(32,34)10)37(9)18-16-29(44-46(13,14)36(6,7)8)21-28(37)25-42-45(11,12)35(3,4)5/h26-34H,15-25,40H2,1-14H3/t26?,27-,28+,29?,30+,31-,32-,33-,34-,37-,38-,39+/m0/s1. The molecule has 2 heterocycles. The first-order valence-electron chi connectivity index (χ1n) is 19.3. The van der Waals surface area contributed by atoms with Crippen molar-refractivity contribution >= 4 is 16.6 Å². The van der Waals surface area contributed by atoms with Gasteiger partial charge in [-0.3, -0.25) is 0 Å². The highest BCUT2D eigenvalue weighted by atomic mass is 28.4. The van der Waals surface area contributed by atoms with E-state index in [9.17, 15) is 0 Å². The second-order valence-corrected chi connectivity index (χ2v) is 30.2. The molecule has 5 rings (SSSR count). The van der Waals surface area contributed by atoms with Crippen LogP contribution in [0.5, 0.6) is 0 Å². The Kier molecular flexibility index (Phi) is 10.2. The molecule has 46 heavy (non-hydrogen) atoms. The van der Waals surface area contributed by atoms with Gasteiger partial charge in [0.15, 0.2) is 22.4 Å². The highest BCUT2D eigenvalue weighted by Gasteiger charge is 2.68. The molecule has 5 fully saturated rings. The fraction of sp³-hybridized carbons (Fsp3) is 1.00. The fourth-order valence-electron chi connectivity index (χ4n) is 10.8. The van der Waals surface area contributed by atoms with Crippen molar-refractivity contribution in [3.05, 3.63) is 0 Å². The molecule has 12 atom stereocenters. The Bertz CT molecular complexity index is 1070. The van der Waals surface area contributed by atoms with E-state index in [-0.39, 0.29) is 26.7 Å². The van der Waals surface area contributed by atoms with Gasteiger partial charge in [0.05, 0.1) is 12.7 Å². The zero-order chi connectivity index (χ0) is 34.3. The second-order valence-electron chi connectivity index (χ2n) is 20.7. The quantitative estimate of drug-likeness (QED) is 0.272. The molecular weight excluding hydrogens is 603 g/mol. The molecule has 3 aliphatic carbocycles. The van der Waals surface area contributed by atoms with E-state index in [0.717, 1.165) is 39.0 Å². The maximum absolute atomic E-state index is 7.16. The summed E-state index contributed by atoms with van der Waals surface area (Å²) in [6.07, 6.45) is 10.1. The van der Waals surface area contributed by atoms with E-state index in [1.165, 1.54) is 32.1 Å². The van der Waals surface area contributed by atoms with Crippen LogP contribution in [0.15, 0.2) is 0 Å². The van der Waals surface area contributed by atoms with Gasteiger partial charge in [0.1, 0.15) is 0 Å². The van der Waals surface area contributed by atoms with E-state index >= 15 is 0 Å². The van der Waals surface area contributed by atoms with Crippen LogP contribution in [0.3, 0.4) is 0 Å². The summed E-state index contributed by atoms with van der Waals surface area (Å²) >= 11 is 0. The third-order valence-corrected chi connectivity index (χ3v) is 25.1. The van der Waals surface area contributed by atoms with Gasteiger partial charge in [0.2, 0.25) is 0 Å². The van der Waals surface area contributed by atoms with E-state index in [1.54, 1.807) is 0 Å². The van der Waals surface area contributed by atoms with E-state index in [2.05, 4.69) is 95.4 Å². The monoisotopic (exact) mass is 678 g/mol. The molecule has 7 heteroatoms. The Labute approximate surface area is 286 Å². The minimum Gasteiger partial charge on any atom is -0.417 e. The number of fused-ring (bicyclic) bond motifs is 3. The lowest BCUT2D eigenvalue weighted by Gasteiger charge is -2.58. The maximum Gasteiger partial charge on any atom is 0.192 e. The van der Waals surface area contributed by atoms with Gasteiger partial charge in [-0.15, -0.1) is 0 Å². The van der Waals surface area contributed by atoms with E-state index < -0.39 is 16.6 Å². The Morgan fingerprint density at radius 3 is 2.00 bits per heavy atom. The molecule has 2 unspecified atom stereocenters. The number of rotatable bonds is 7. The minimum atomic E-state index is -1.89. The summed E-state index contributed by atoms with van der Waals surface area (Å²) in [5.41, 5.74) is 7.38. The zero-order valence-electron chi connectivity index (χ0n) is 32.7. The van der Waals surface area contributed by atoms with Gasteiger partial charge in [0, 0.05) is 25.0 Å². The predicted octanol–water partition coefficient (Wildman–Crippen LogP) is 10.0. The maximum atomic E-state index is 7.16. The molecule has 2 N–H and O–H groups in total. The Morgan fingerprint density at radius 2 is 1.43 bits per heavy atom. The third-order valence-electron chi connectivity index (χ3n) is 16.0. The first kappa shape index (κ1) is 37.5. The van der Waals surface area contributed by atoms with Gasteiger partial charge >= 0.3 is 0 Å². The molecule has 0 aromatic heterocycles. The molecule has 0 aromatic rings. The fourth-order valence-corrected chi connectivity index (χ4v) is 13.3. The average molecular weight is 678 g/mol. The van der Waals surface area contributed by atoms with Crippen LogP contribution in [-0.4, -0.2) is 54.4 Å². The summed E-state index contributed by atoms with van der Waals surface area (Å²) in [5, 5.41) is 0.427. The summed E-state index contributed by atoms with van der Waals surface area (Å²) in [6, 6.07) is 0. The average Bonchev–Trinajstić information content (AvgIpc) is 3.38. The summed E-state index contributed by atoms with van der Waals surface area (Å²) in [6.45, 7) is 36.5. The Hall–Kier alpha value is 0.234. The first-order chi connectivity index (χ1) is 21.0. The molecule has 5 aliphatic rings. The van der Waals surface area contributed by atoms with Crippen molar-refractivity contribution in [2.75, 3.05) is 19.8 Å². The topological polar surface area (TPSA) is 62.9 Å². The lowest BCUT2D eigenvalue weighted by atomic mass is 9.48. The van der Waals surface area contributed by atoms with Crippen LogP contribution in [0.1, 0.15) is 121 Å². The van der Waals surface area contributed by atoms with Crippen molar-refractivity contribution in [2.24, 2.45) is 58.0 Å². The molecule has 2 aliphatic heterocycles. The highest BCUT2D eigenvalue weighted by Crippen LogP contribution is 2.69. The van der Waals surface area contributed by atoms with Crippen molar-refractivity contribution in [3.63, 3.8) is 0 Å². The molecule has 268 valence electrons. The molecule has 2 saturated heterocycles. The van der Waals surface area contributed by atoms with Gasteiger partial charge in [-0.25, -0.2) is 0 Å². The predicted molar refractivity (Wildman–Crippen MR) is 197 cm³/mol. The van der Waals surface area contributed by atoms with Crippen molar-refractivity contribution in [1.29, 1.82) is 0 Å². The van der Waals surface area contributed by atoms with Crippen LogP contribution >= 0.6 is 0 Å². The van der Waals surface area contributed by atoms with Crippen LogP contribution in [0.2, 0.25) is 36.3 Å². The van der Waals surface area contributed by atoms with Crippen molar-refractivity contribution in [2.45, 2.75) is 175 Å². The van der Waals surface area contributed by atoms with Crippen molar-refractivity contribution in [1.82, 2.24) is 0 Å². The smallest absolute Gasteiger partial charge is 0.192 e. The molecule has 5 nitrogen and oxygen atoms in total. The van der Waals surface area contributed by atoms with E-state index in [4.69, 9.17) is 24.1 Å². The summed E-state index contributed by atoms with van der Waals surface area (Å²) < 4.78 is 27.9. The normalized spacial score (nSPS) is 45.6. The lowest BCUT2D eigenvalue weighted by Crippen LogP contribution is -2.56. The number of nitrogens with two attached hydrogens (primary N) is 1. The number of ether oxygens (including phenoxy) is 2. The van der Waals surface area contributed by atoms with Crippen LogP contribution in [0.25, 0.3) is 0 Å². The largest absolute Gasteiger partial charge is 0.417 e. The third kappa shape index (κ3) is 6.34. The molecule has 0 amide bonds. The number of hydrogen-bond donors (Lipinski definition) is 1. The first-order valence-corrected chi connectivity index (χ1v) is 25.2. The van der Waals surface area contributed by atoms with Gasteiger partial charge in [0.25, 0.3) is 0 Å². The van der Waals surface area contributed by atoms with Gasteiger partial charge < -0.3 is 24.1 Å². The van der Waals surface area contributed by atoms with Crippen molar-refractivity contribution in [3.8, 4) is 0 Å². The molecular formula is C39H75NO4Si2. The van der Waals surface area contributed by atoms with Crippen molar-refractivity contribution < 1.29 is 18.3 Å². The minimum absolute atomic E-state index is 0.203. The summed E-state index contributed by atoms with van der Waals surface area (Å²) in [5.74, 6) is 3.55. The van der Waals surface area contributed by atoms with Crippen LogP contribution < -0.4 is 5.73 Å². The molecule has 3 saturated carbocycles. The Morgan fingerprint density at radius 1 is 0.804 bits per heavy atom. The highest BCUT2D eigenvalue weighted by molar-refractivity contribution is 6.74. The zero-order valence-corrected chi connectivity index (χ0v) is 34.7. The molecule has 1 spiro atoms. The Balaban J connectivity index is 1.39. The van der Waals surface area contributed by atoms with Gasteiger partial charge in [-0.2, -0.15) is 0 Å². The summed E-state index contributed by atoms with van der Waals surface area (Å²) in [4.78, 5) is 0. The van der Waals surface area contributed by atoms with E-state index in [0.29, 0.717) is 53.6 Å². The lowest BCUT2D eigenvalue weighted by molar-refractivity contribution is -0.272. The second kappa shape index (κ2) is 12.5. The van der Waals surface area contributed by atoms with Gasteiger partial charge in [-0.05, 0) is 134 Å².